The fraction of sp³-hybridized carbons (Fsp3) is 0.231. The van der Waals surface area contributed by atoms with E-state index in [1.165, 1.54) is 6.33 Å². The summed E-state index contributed by atoms with van der Waals surface area (Å²) in [5.41, 5.74) is 1.66. The van der Waals surface area contributed by atoms with Crippen LogP contribution in [0.1, 0.15) is 5.56 Å². The van der Waals surface area contributed by atoms with Crippen LogP contribution in [0.2, 0.25) is 0 Å². The Hall–Kier alpha value is -2.35. The molecule has 110 valence electrons. The third kappa shape index (κ3) is 5.27. The highest BCUT2D eigenvalue weighted by molar-refractivity contribution is 8.00. The number of carboxylic acid groups (broad SMARTS) is 1. The molecule has 1 aromatic carbocycles. The van der Waals surface area contributed by atoms with Gasteiger partial charge in [-0.2, -0.15) is 5.10 Å². The number of thioether (sulfide) groups is 1. The van der Waals surface area contributed by atoms with Crippen LogP contribution in [-0.2, 0) is 16.1 Å². The monoisotopic (exact) mass is 306 g/mol. The molecule has 2 rings (SSSR count). The van der Waals surface area contributed by atoms with Gasteiger partial charge in [0.25, 0.3) is 0 Å². The molecule has 0 aliphatic carbocycles. The number of anilines is 1. The van der Waals surface area contributed by atoms with E-state index in [9.17, 15) is 9.59 Å². The summed E-state index contributed by atoms with van der Waals surface area (Å²) < 4.78 is 1.68. The Morgan fingerprint density at radius 3 is 2.90 bits per heavy atom. The molecule has 0 unspecified atom stereocenters. The number of rotatable bonds is 7. The van der Waals surface area contributed by atoms with E-state index in [0.717, 1.165) is 17.3 Å². The number of hydrogen-bond donors (Lipinski definition) is 2. The molecule has 1 aromatic heterocycles. The van der Waals surface area contributed by atoms with Gasteiger partial charge >= 0.3 is 5.97 Å². The maximum absolute atomic E-state index is 11.7. The van der Waals surface area contributed by atoms with Gasteiger partial charge in [0.1, 0.15) is 12.7 Å². The Morgan fingerprint density at radius 2 is 2.19 bits per heavy atom. The lowest BCUT2D eigenvalue weighted by Gasteiger charge is -2.07. The standard InChI is InChI=1S/C13H14N4O3S/c18-12(6-21-7-13(19)20)16-11-3-1-2-10(4-11)5-17-9-14-8-15-17/h1-4,8-9H,5-7H2,(H,16,18)(H,19,20). The van der Waals surface area contributed by atoms with Crippen molar-refractivity contribution in [2.24, 2.45) is 0 Å². The van der Waals surface area contributed by atoms with Crippen molar-refractivity contribution in [3.05, 3.63) is 42.5 Å². The second-order valence-electron chi connectivity index (χ2n) is 4.23. The molecule has 2 N–H and O–H groups in total. The van der Waals surface area contributed by atoms with Crippen LogP contribution in [0.3, 0.4) is 0 Å². The number of aromatic nitrogens is 3. The summed E-state index contributed by atoms with van der Waals surface area (Å²) in [7, 11) is 0. The Kier molecular flexibility index (Phi) is 5.33. The first-order valence-corrected chi connectivity index (χ1v) is 7.29. The van der Waals surface area contributed by atoms with Gasteiger partial charge in [0, 0.05) is 5.69 Å². The van der Waals surface area contributed by atoms with Crippen molar-refractivity contribution in [3.63, 3.8) is 0 Å². The molecule has 0 bridgehead atoms. The molecule has 0 spiro atoms. The molecule has 21 heavy (non-hydrogen) atoms. The van der Waals surface area contributed by atoms with Crippen molar-refractivity contribution in [1.82, 2.24) is 14.8 Å². The van der Waals surface area contributed by atoms with Gasteiger partial charge < -0.3 is 10.4 Å². The highest BCUT2D eigenvalue weighted by atomic mass is 32.2. The lowest BCUT2D eigenvalue weighted by atomic mass is 10.2. The molecule has 0 saturated carbocycles. The second-order valence-corrected chi connectivity index (χ2v) is 5.21. The molecule has 0 saturated heterocycles. The van der Waals surface area contributed by atoms with Crippen LogP contribution < -0.4 is 5.32 Å². The zero-order valence-corrected chi connectivity index (χ0v) is 11.9. The molecule has 7 nitrogen and oxygen atoms in total. The lowest BCUT2D eigenvalue weighted by molar-refractivity contribution is -0.133. The number of hydrogen-bond acceptors (Lipinski definition) is 5. The van der Waals surface area contributed by atoms with Crippen LogP contribution in [0.4, 0.5) is 5.69 Å². The summed E-state index contributed by atoms with van der Waals surface area (Å²) in [5, 5.41) is 15.3. The second kappa shape index (κ2) is 7.44. The molecule has 0 fully saturated rings. The third-order valence-corrected chi connectivity index (χ3v) is 3.40. The summed E-state index contributed by atoms with van der Waals surface area (Å²) in [5.74, 6) is -1.12. The van der Waals surface area contributed by atoms with E-state index in [2.05, 4.69) is 15.4 Å². The van der Waals surface area contributed by atoms with Crippen LogP contribution >= 0.6 is 11.8 Å². The molecular weight excluding hydrogens is 292 g/mol. The largest absolute Gasteiger partial charge is 0.481 e. The van der Waals surface area contributed by atoms with E-state index in [0.29, 0.717) is 12.2 Å². The predicted octanol–water partition coefficient (Wildman–Crippen LogP) is 1.08. The van der Waals surface area contributed by atoms with Crippen molar-refractivity contribution in [2.75, 3.05) is 16.8 Å². The summed E-state index contributed by atoms with van der Waals surface area (Å²) in [6, 6.07) is 7.40. The average molecular weight is 306 g/mol. The molecular formula is C13H14N4O3S. The Morgan fingerprint density at radius 1 is 1.33 bits per heavy atom. The maximum Gasteiger partial charge on any atom is 0.313 e. The minimum absolute atomic E-state index is 0.0836. The first-order chi connectivity index (χ1) is 10.1. The number of amides is 1. The Balaban J connectivity index is 1.88. The number of nitrogens with one attached hydrogen (secondary N) is 1. The van der Waals surface area contributed by atoms with Gasteiger partial charge in [-0.1, -0.05) is 12.1 Å². The number of nitrogens with zero attached hydrogens (tertiary/aromatic N) is 3. The third-order valence-electron chi connectivity index (χ3n) is 2.48. The first kappa shape index (κ1) is 15.0. The van der Waals surface area contributed by atoms with E-state index in [1.54, 1.807) is 17.1 Å². The quantitative estimate of drug-likeness (QED) is 0.794. The number of benzene rings is 1. The van der Waals surface area contributed by atoms with Gasteiger partial charge in [0.15, 0.2) is 0 Å². The van der Waals surface area contributed by atoms with Gasteiger partial charge in [-0.25, -0.2) is 9.67 Å². The summed E-state index contributed by atoms with van der Waals surface area (Å²) in [6.45, 7) is 0.567. The zero-order chi connectivity index (χ0) is 15.1. The molecule has 1 heterocycles. The van der Waals surface area contributed by atoms with Crippen molar-refractivity contribution >= 4 is 29.3 Å². The van der Waals surface area contributed by atoms with Crippen molar-refractivity contribution in [1.29, 1.82) is 0 Å². The molecule has 0 aliphatic heterocycles. The molecule has 2 aromatic rings. The number of carbonyl (C=O) groups is 2. The van der Waals surface area contributed by atoms with Crippen LogP contribution in [0, 0.1) is 0 Å². The fourth-order valence-corrected chi connectivity index (χ4v) is 2.21. The molecule has 0 aliphatic rings. The smallest absolute Gasteiger partial charge is 0.313 e. The van der Waals surface area contributed by atoms with E-state index >= 15 is 0 Å². The average Bonchev–Trinajstić information content (AvgIpc) is 2.91. The zero-order valence-electron chi connectivity index (χ0n) is 11.1. The lowest BCUT2D eigenvalue weighted by Crippen LogP contribution is -2.15. The van der Waals surface area contributed by atoms with E-state index in [-0.39, 0.29) is 17.4 Å². The topological polar surface area (TPSA) is 97.1 Å². The van der Waals surface area contributed by atoms with E-state index in [4.69, 9.17) is 5.11 Å². The van der Waals surface area contributed by atoms with Crippen molar-refractivity contribution in [2.45, 2.75) is 6.54 Å². The SMILES string of the molecule is O=C(O)CSCC(=O)Nc1cccc(Cn2cncn2)c1. The van der Waals surface area contributed by atoms with Gasteiger partial charge in [-0.05, 0) is 17.7 Å². The van der Waals surface area contributed by atoms with Crippen LogP contribution in [-0.4, -0.2) is 43.3 Å². The maximum atomic E-state index is 11.7. The Bertz CT molecular complexity index is 616. The first-order valence-electron chi connectivity index (χ1n) is 6.14. The minimum Gasteiger partial charge on any atom is -0.481 e. The number of carboxylic acids is 1. The van der Waals surface area contributed by atoms with Crippen LogP contribution in [0.5, 0.6) is 0 Å². The van der Waals surface area contributed by atoms with Gasteiger partial charge in [0.05, 0.1) is 18.1 Å². The predicted molar refractivity (Wildman–Crippen MR) is 79.2 cm³/mol. The number of carbonyl (C=O) groups excluding carboxylic acids is 1. The van der Waals surface area contributed by atoms with Gasteiger partial charge in [0.2, 0.25) is 5.91 Å². The molecule has 0 atom stereocenters. The summed E-state index contributed by atoms with van der Waals surface area (Å²) >= 11 is 1.06. The molecule has 1 amide bonds. The van der Waals surface area contributed by atoms with Crippen molar-refractivity contribution < 1.29 is 14.7 Å². The van der Waals surface area contributed by atoms with Crippen LogP contribution in [0.25, 0.3) is 0 Å². The summed E-state index contributed by atoms with van der Waals surface area (Å²) in [6.07, 6.45) is 3.08. The van der Waals surface area contributed by atoms with Crippen LogP contribution in [0.15, 0.2) is 36.9 Å². The van der Waals surface area contributed by atoms with Gasteiger partial charge in [-0.3, -0.25) is 9.59 Å². The van der Waals surface area contributed by atoms with Gasteiger partial charge in [-0.15, -0.1) is 11.8 Å². The summed E-state index contributed by atoms with van der Waals surface area (Å²) in [4.78, 5) is 25.9. The highest BCUT2D eigenvalue weighted by Crippen LogP contribution is 2.12. The fourth-order valence-electron chi connectivity index (χ4n) is 1.68. The number of aliphatic carboxylic acids is 1. The van der Waals surface area contributed by atoms with E-state index in [1.807, 2.05) is 18.2 Å². The normalized spacial score (nSPS) is 10.3. The van der Waals surface area contributed by atoms with Crippen molar-refractivity contribution in [3.8, 4) is 0 Å². The molecule has 8 heteroatoms. The molecule has 0 radical (unpaired) electrons. The highest BCUT2D eigenvalue weighted by Gasteiger charge is 2.05. The van der Waals surface area contributed by atoms with E-state index < -0.39 is 5.97 Å². The minimum atomic E-state index is -0.928. The Labute approximate surface area is 125 Å².